The van der Waals surface area contributed by atoms with Crippen LogP contribution in [0.1, 0.15) is 19.8 Å². The van der Waals surface area contributed by atoms with Crippen molar-refractivity contribution in [2.45, 2.75) is 19.8 Å². The molecule has 57 valence electrons. The fourth-order valence-electron chi connectivity index (χ4n) is 0.882. The molecule has 0 radical (unpaired) electrons. The molecule has 0 aromatic carbocycles. The molecule has 1 aliphatic carbocycles. The molecule has 0 nitrogen and oxygen atoms in total. The molecular formula is C7H11F2Zr. The van der Waals surface area contributed by atoms with E-state index < -0.39 is 0 Å². The van der Waals surface area contributed by atoms with Crippen molar-refractivity contribution in [1.29, 1.82) is 0 Å². The Hall–Kier alpha value is 0.223. The van der Waals surface area contributed by atoms with Gasteiger partial charge < -0.3 is 0 Å². The van der Waals surface area contributed by atoms with E-state index in [1.807, 2.05) is 0 Å². The number of allylic oxidation sites excluding steroid dienone is 4. The van der Waals surface area contributed by atoms with E-state index in [9.17, 15) is 0 Å². The van der Waals surface area contributed by atoms with E-state index in [1.54, 1.807) is 33.6 Å². The summed E-state index contributed by atoms with van der Waals surface area (Å²) in [7, 11) is 0. The van der Waals surface area contributed by atoms with Gasteiger partial charge in [-0.1, -0.05) is 0 Å². The monoisotopic (exact) mass is 223 g/mol. The Bertz CT molecular complexity index is 150. The first-order valence-corrected chi connectivity index (χ1v) is 4.17. The van der Waals surface area contributed by atoms with Gasteiger partial charge in [0.2, 0.25) is 0 Å². The normalized spacial score (nSPS) is 14.4. The van der Waals surface area contributed by atoms with Gasteiger partial charge in [0.05, 0.1) is 0 Å². The molecule has 0 saturated heterocycles. The van der Waals surface area contributed by atoms with E-state index >= 15 is 0 Å². The van der Waals surface area contributed by atoms with Crippen LogP contribution in [0.5, 0.6) is 0 Å². The molecule has 0 aromatic heterocycles. The van der Waals surface area contributed by atoms with Crippen molar-refractivity contribution >= 4 is 0 Å². The zero-order valence-corrected chi connectivity index (χ0v) is 8.34. The first-order chi connectivity index (χ1) is 3.84. The molecule has 0 saturated carbocycles. The summed E-state index contributed by atoms with van der Waals surface area (Å²) in [5.74, 6) is 0. The second kappa shape index (κ2) is 5.97. The van der Waals surface area contributed by atoms with Gasteiger partial charge in [-0.2, -0.15) is 0 Å². The van der Waals surface area contributed by atoms with Crippen molar-refractivity contribution < 1.29 is 34.1 Å². The fourth-order valence-corrected chi connectivity index (χ4v) is 1.81. The molecule has 0 unspecified atom stereocenters. The molecule has 0 heterocycles. The SMILES string of the molecule is CCC1=[C]([Zr])CC=C1.F.F. The Labute approximate surface area is 75.0 Å². The zero-order chi connectivity index (χ0) is 5.98. The number of hydrogen-bond donors (Lipinski definition) is 0. The smallest absolute Gasteiger partial charge is 0.269 e. The first kappa shape index (κ1) is 12.9. The molecule has 0 N–H and O–H groups in total. The quantitative estimate of drug-likeness (QED) is 0.642. The van der Waals surface area contributed by atoms with Crippen molar-refractivity contribution in [1.82, 2.24) is 0 Å². The molecule has 1 rings (SSSR count). The zero-order valence-electron chi connectivity index (χ0n) is 5.89. The van der Waals surface area contributed by atoms with Gasteiger partial charge in [0.1, 0.15) is 0 Å². The van der Waals surface area contributed by atoms with Gasteiger partial charge in [-0.15, -0.1) is 0 Å². The maximum atomic E-state index is 2.25. The molecule has 0 spiro atoms. The number of hydrogen-bond acceptors (Lipinski definition) is 0. The Morgan fingerprint density at radius 1 is 1.50 bits per heavy atom. The molecule has 0 bridgehead atoms. The van der Waals surface area contributed by atoms with Crippen LogP contribution in [0.15, 0.2) is 21.0 Å². The van der Waals surface area contributed by atoms with Crippen LogP contribution in [0.4, 0.5) is 9.41 Å². The predicted octanol–water partition coefficient (Wildman–Crippen LogP) is 2.46. The maximum Gasteiger partial charge on any atom is -0.269 e. The van der Waals surface area contributed by atoms with E-state index in [0.717, 1.165) is 0 Å². The summed E-state index contributed by atoms with van der Waals surface area (Å²) < 4.78 is 1.64. The van der Waals surface area contributed by atoms with Crippen LogP contribution in [-0.2, 0) is 24.7 Å². The Morgan fingerprint density at radius 2 is 2.10 bits per heavy atom. The third-order valence-electron chi connectivity index (χ3n) is 1.41. The summed E-state index contributed by atoms with van der Waals surface area (Å²) in [6.07, 6.45) is 6.95. The third-order valence-corrected chi connectivity index (χ3v) is 2.70. The van der Waals surface area contributed by atoms with Crippen LogP contribution in [0.3, 0.4) is 0 Å². The van der Waals surface area contributed by atoms with E-state index in [-0.39, 0.29) is 9.41 Å². The van der Waals surface area contributed by atoms with Crippen molar-refractivity contribution in [3.8, 4) is 0 Å². The second-order valence-electron chi connectivity index (χ2n) is 1.96. The summed E-state index contributed by atoms with van der Waals surface area (Å²) in [5.41, 5.74) is 1.57. The molecule has 0 atom stereocenters. The van der Waals surface area contributed by atoms with Gasteiger partial charge in [0.15, 0.2) is 0 Å². The van der Waals surface area contributed by atoms with Gasteiger partial charge in [0.25, 0.3) is 0 Å². The fraction of sp³-hybridized carbons (Fsp3) is 0.429. The Kier molecular flexibility index (Phi) is 7.67. The minimum Gasteiger partial charge on any atom is -0.269 e. The molecule has 10 heavy (non-hydrogen) atoms. The average molecular weight is 224 g/mol. The summed E-state index contributed by atoms with van der Waals surface area (Å²) in [6.45, 7) is 2.22. The summed E-state index contributed by atoms with van der Waals surface area (Å²) >= 11 is 1.60. The van der Waals surface area contributed by atoms with Crippen molar-refractivity contribution in [3.63, 3.8) is 0 Å². The third kappa shape index (κ3) is 2.87. The van der Waals surface area contributed by atoms with Crippen molar-refractivity contribution in [2.24, 2.45) is 0 Å². The van der Waals surface area contributed by atoms with E-state index in [1.165, 1.54) is 12.8 Å². The molecule has 1 aliphatic rings. The second-order valence-corrected chi connectivity index (χ2v) is 3.45. The molecule has 0 fully saturated rings. The molecule has 0 aliphatic heterocycles. The van der Waals surface area contributed by atoms with Gasteiger partial charge in [-0.05, 0) is 0 Å². The van der Waals surface area contributed by atoms with Crippen molar-refractivity contribution in [3.05, 3.63) is 21.0 Å². The molecular weight excluding hydrogens is 213 g/mol. The van der Waals surface area contributed by atoms with Gasteiger partial charge in [0, 0.05) is 0 Å². The van der Waals surface area contributed by atoms with E-state index in [0.29, 0.717) is 0 Å². The van der Waals surface area contributed by atoms with Gasteiger partial charge in [-0.25, -0.2) is 0 Å². The van der Waals surface area contributed by atoms with Crippen LogP contribution in [0.25, 0.3) is 0 Å². The minimum atomic E-state index is 0. The van der Waals surface area contributed by atoms with Gasteiger partial charge >= 0.3 is 65.5 Å². The van der Waals surface area contributed by atoms with Crippen LogP contribution >= 0.6 is 0 Å². The summed E-state index contributed by atoms with van der Waals surface area (Å²) in [4.78, 5) is 0. The number of rotatable bonds is 1. The van der Waals surface area contributed by atoms with Crippen LogP contribution in [-0.4, -0.2) is 0 Å². The summed E-state index contributed by atoms with van der Waals surface area (Å²) in [6, 6.07) is 0. The Morgan fingerprint density at radius 3 is 2.30 bits per heavy atom. The van der Waals surface area contributed by atoms with Crippen LogP contribution in [0.2, 0.25) is 0 Å². The Balaban J connectivity index is 0. The molecule has 0 aromatic rings. The van der Waals surface area contributed by atoms with Gasteiger partial charge in [-0.3, -0.25) is 9.41 Å². The summed E-state index contributed by atoms with van der Waals surface area (Å²) in [5, 5.41) is 0. The molecule has 3 heteroatoms. The van der Waals surface area contributed by atoms with E-state index in [4.69, 9.17) is 0 Å². The minimum absolute atomic E-state index is 0. The largest absolute Gasteiger partial charge is 0.269 e. The topological polar surface area (TPSA) is 0 Å². The standard InChI is InChI=1S/C7H9.2FH.Zr/c1-2-7-5-3-4-6-7;;;/h3,5H,2,4H2,1H3;2*1H;. The first-order valence-electron chi connectivity index (χ1n) is 2.94. The van der Waals surface area contributed by atoms with Crippen LogP contribution in [0, 0.1) is 0 Å². The van der Waals surface area contributed by atoms with Crippen LogP contribution < -0.4 is 0 Å². The van der Waals surface area contributed by atoms with Crippen molar-refractivity contribution in [2.75, 3.05) is 0 Å². The maximum absolute atomic E-state index is 2.25. The number of halogens is 2. The predicted molar refractivity (Wildman–Crippen MR) is 36.1 cm³/mol. The molecule has 0 amide bonds. The van der Waals surface area contributed by atoms with E-state index in [2.05, 4.69) is 19.1 Å². The average Bonchev–Trinajstić information content (AvgIpc) is 2.14.